The summed E-state index contributed by atoms with van der Waals surface area (Å²) in [6.07, 6.45) is 5.94. The first-order valence-electron chi connectivity index (χ1n) is 5.00. The SMILES string of the molecule is CCCc1cnc(N(C)CCN)nc1. The Hall–Kier alpha value is -1.16. The van der Waals surface area contributed by atoms with Crippen LogP contribution in [0.25, 0.3) is 0 Å². The van der Waals surface area contributed by atoms with Gasteiger partial charge in [-0.3, -0.25) is 0 Å². The third-order valence-electron chi connectivity index (χ3n) is 2.04. The van der Waals surface area contributed by atoms with Crippen LogP contribution in [0.4, 0.5) is 5.95 Å². The van der Waals surface area contributed by atoms with Crippen LogP contribution in [0.2, 0.25) is 0 Å². The van der Waals surface area contributed by atoms with Gasteiger partial charge in [0.25, 0.3) is 0 Å². The summed E-state index contributed by atoms with van der Waals surface area (Å²) >= 11 is 0. The zero-order chi connectivity index (χ0) is 10.4. The fourth-order valence-electron chi connectivity index (χ4n) is 1.26. The quantitative estimate of drug-likeness (QED) is 0.754. The summed E-state index contributed by atoms with van der Waals surface area (Å²) < 4.78 is 0. The van der Waals surface area contributed by atoms with Gasteiger partial charge in [0.1, 0.15) is 0 Å². The molecule has 0 aliphatic rings. The van der Waals surface area contributed by atoms with Crippen molar-refractivity contribution in [2.75, 3.05) is 25.0 Å². The first-order valence-corrected chi connectivity index (χ1v) is 5.00. The lowest BCUT2D eigenvalue weighted by Crippen LogP contribution is -2.26. The molecule has 1 rings (SSSR count). The van der Waals surface area contributed by atoms with Crippen molar-refractivity contribution >= 4 is 5.95 Å². The van der Waals surface area contributed by atoms with E-state index >= 15 is 0 Å². The minimum absolute atomic E-state index is 0.622. The van der Waals surface area contributed by atoms with Gasteiger partial charge in [0.15, 0.2) is 0 Å². The minimum Gasteiger partial charge on any atom is -0.343 e. The fraction of sp³-hybridized carbons (Fsp3) is 0.600. The van der Waals surface area contributed by atoms with Crippen molar-refractivity contribution < 1.29 is 0 Å². The molecule has 1 aromatic rings. The number of aromatic nitrogens is 2. The van der Waals surface area contributed by atoms with E-state index in [1.807, 2.05) is 24.3 Å². The number of rotatable bonds is 5. The molecule has 0 saturated carbocycles. The molecule has 4 nitrogen and oxygen atoms in total. The predicted molar refractivity (Wildman–Crippen MR) is 58.4 cm³/mol. The lowest BCUT2D eigenvalue weighted by Gasteiger charge is -2.15. The summed E-state index contributed by atoms with van der Waals surface area (Å²) in [7, 11) is 1.95. The summed E-state index contributed by atoms with van der Waals surface area (Å²) in [4.78, 5) is 10.5. The Morgan fingerprint density at radius 2 is 2.00 bits per heavy atom. The summed E-state index contributed by atoms with van der Waals surface area (Å²) in [6, 6.07) is 0. The van der Waals surface area contributed by atoms with E-state index in [1.165, 1.54) is 5.56 Å². The van der Waals surface area contributed by atoms with Gasteiger partial charge in [0.05, 0.1) is 0 Å². The molecule has 0 spiro atoms. The highest BCUT2D eigenvalue weighted by Gasteiger charge is 2.02. The monoisotopic (exact) mass is 194 g/mol. The lowest BCUT2D eigenvalue weighted by atomic mass is 10.2. The molecule has 1 aromatic heterocycles. The Labute approximate surface area is 85.2 Å². The van der Waals surface area contributed by atoms with Crippen molar-refractivity contribution in [3.63, 3.8) is 0 Å². The molecule has 0 unspecified atom stereocenters. The van der Waals surface area contributed by atoms with Crippen molar-refractivity contribution in [1.29, 1.82) is 0 Å². The van der Waals surface area contributed by atoms with Gasteiger partial charge in [-0.25, -0.2) is 9.97 Å². The molecule has 0 aliphatic carbocycles. The number of anilines is 1. The van der Waals surface area contributed by atoms with Crippen LogP contribution in [0.1, 0.15) is 18.9 Å². The molecule has 0 aliphatic heterocycles. The first-order chi connectivity index (χ1) is 6.77. The fourth-order valence-corrected chi connectivity index (χ4v) is 1.26. The number of likely N-dealkylation sites (N-methyl/N-ethyl adjacent to an activating group) is 1. The van der Waals surface area contributed by atoms with E-state index in [-0.39, 0.29) is 0 Å². The molecule has 1 heterocycles. The van der Waals surface area contributed by atoms with Gasteiger partial charge >= 0.3 is 0 Å². The average Bonchev–Trinajstić information content (AvgIpc) is 2.20. The topological polar surface area (TPSA) is 55.0 Å². The summed E-state index contributed by atoms with van der Waals surface area (Å²) in [6.45, 7) is 3.55. The molecular weight excluding hydrogens is 176 g/mol. The number of hydrogen-bond donors (Lipinski definition) is 1. The highest BCUT2D eigenvalue weighted by atomic mass is 15.2. The molecule has 14 heavy (non-hydrogen) atoms. The zero-order valence-corrected chi connectivity index (χ0v) is 8.90. The predicted octanol–water partition coefficient (Wildman–Crippen LogP) is 0.824. The van der Waals surface area contributed by atoms with E-state index < -0.39 is 0 Å². The highest BCUT2D eigenvalue weighted by Crippen LogP contribution is 2.05. The van der Waals surface area contributed by atoms with Crippen LogP contribution in [0.3, 0.4) is 0 Å². The summed E-state index contributed by atoms with van der Waals surface area (Å²) in [5.41, 5.74) is 6.64. The Kier molecular flexibility index (Phi) is 4.32. The van der Waals surface area contributed by atoms with Gasteiger partial charge in [-0.1, -0.05) is 13.3 Å². The van der Waals surface area contributed by atoms with E-state index in [9.17, 15) is 0 Å². The number of nitrogens with zero attached hydrogens (tertiary/aromatic N) is 3. The summed E-state index contributed by atoms with van der Waals surface area (Å²) in [5, 5.41) is 0. The zero-order valence-electron chi connectivity index (χ0n) is 8.90. The third-order valence-corrected chi connectivity index (χ3v) is 2.04. The van der Waals surface area contributed by atoms with Crippen molar-refractivity contribution in [2.45, 2.75) is 19.8 Å². The Balaban J connectivity index is 2.62. The second-order valence-electron chi connectivity index (χ2n) is 3.35. The maximum atomic E-state index is 5.45. The molecule has 0 amide bonds. The van der Waals surface area contributed by atoms with E-state index in [0.29, 0.717) is 6.54 Å². The summed E-state index contributed by atoms with van der Waals surface area (Å²) in [5.74, 6) is 0.746. The Morgan fingerprint density at radius 3 is 2.50 bits per heavy atom. The molecule has 0 saturated heterocycles. The molecule has 78 valence electrons. The standard InChI is InChI=1S/C10H18N4/c1-3-4-9-7-12-10(13-8-9)14(2)6-5-11/h7-8H,3-6,11H2,1-2H3. The average molecular weight is 194 g/mol. The van der Waals surface area contributed by atoms with E-state index in [4.69, 9.17) is 5.73 Å². The number of aryl methyl sites for hydroxylation is 1. The molecular formula is C10H18N4. The van der Waals surface area contributed by atoms with Gasteiger partial charge < -0.3 is 10.6 Å². The van der Waals surface area contributed by atoms with Crippen molar-refractivity contribution in [2.24, 2.45) is 5.73 Å². The van der Waals surface area contributed by atoms with Crippen LogP contribution in [0, 0.1) is 0 Å². The van der Waals surface area contributed by atoms with Crippen LogP contribution in [-0.2, 0) is 6.42 Å². The van der Waals surface area contributed by atoms with Crippen molar-refractivity contribution in [1.82, 2.24) is 9.97 Å². The maximum absolute atomic E-state index is 5.45. The highest BCUT2D eigenvalue weighted by molar-refractivity contribution is 5.28. The van der Waals surface area contributed by atoms with Crippen LogP contribution >= 0.6 is 0 Å². The van der Waals surface area contributed by atoms with Crippen LogP contribution in [0.5, 0.6) is 0 Å². The molecule has 0 aromatic carbocycles. The van der Waals surface area contributed by atoms with Gasteiger partial charge in [0, 0.05) is 32.5 Å². The largest absolute Gasteiger partial charge is 0.343 e. The van der Waals surface area contributed by atoms with E-state index in [0.717, 1.165) is 25.3 Å². The van der Waals surface area contributed by atoms with Crippen LogP contribution in [0.15, 0.2) is 12.4 Å². The van der Waals surface area contributed by atoms with Crippen LogP contribution < -0.4 is 10.6 Å². The molecule has 4 heteroatoms. The maximum Gasteiger partial charge on any atom is 0.225 e. The number of hydrogen-bond acceptors (Lipinski definition) is 4. The van der Waals surface area contributed by atoms with E-state index in [2.05, 4.69) is 16.9 Å². The van der Waals surface area contributed by atoms with E-state index in [1.54, 1.807) is 0 Å². The molecule has 0 radical (unpaired) electrons. The van der Waals surface area contributed by atoms with Crippen LogP contribution in [-0.4, -0.2) is 30.1 Å². The lowest BCUT2D eigenvalue weighted by molar-refractivity contribution is 0.833. The van der Waals surface area contributed by atoms with Gasteiger partial charge in [-0.2, -0.15) is 0 Å². The molecule has 0 atom stereocenters. The molecule has 0 bridgehead atoms. The first kappa shape index (κ1) is 10.9. The second-order valence-corrected chi connectivity index (χ2v) is 3.35. The van der Waals surface area contributed by atoms with Crippen molar-refractivity contribution in [3.8, 4) is 0 Å². The molecule has 0 fully saturated rings. The second kappa shape index (κ2) is 5.54. The Bertz CT molecular complexity index is 257. The smallest absolute Gasteiger partial charge is 0.225 e. The van der Waals surface area contributed by atoms with Gasteiger partial charge in [-0.05, 0) is 12.0 Å². The minimum atomic E-state index is 0.622. The third kappa shape index (κ3) is 2.96. The molecule has 2 N–H and O–H groups in total. The normalized spacial score (nSPS) is 10.2. The van der Waals surface area contributed by atoms with Gasteiger partial charge in [0.2, 0.25) is 5.95 Å². The van der Waals surface area contributed by atoms with Crippen molar-refractivity contribution in [3.05, 3.63) is 18.0 Å². The van der Waals surface area contributed by atoms with Gasteiger partial charge in [-0.15, -0.1) is 0 Å². The number of nitrogens with two attached hydrogens (primary N) is 1. The Morgan fingerprint density at radius 1 is 1.36 bits per heavy atom.